The van der Waals surface area contributed by atoms with Gasteiger partial charge in [-0.15, -0.1) is 0 Å². The molecule has 30 heavy (non-hydrogen) atoms. The normalized spacial score (nSPS) is 18.4. The average Bonchev–Trinajstić information content (AvgIpc) is 3.35. The number of hydrogen-bond acceptors (Lipinski definition) is 4. The SMILES string of the molecule is CC(NC(=O)OCC1c2ccccc2-c2ccccc21)C(=O)N1CCC(C(=O)O)C1. The van der Waals surface area contributed by atoms with Gasteiger partial charge >= 0.3 is 12.1 Å². The number of carbonyl (C=O) groups is 3. The van der Waals surface area contributed by atoms with Gasteiger partial charge in [-0.25, -0.2) is 4.79 Å². The number of carboxylic acids is 1. The Hall–Kier alpha value is -3.35. The Labute approximate surface area is 174 Å². The molecule has 2 atom stereocenters. The monoisotopic (exact) mass is 408 g/mol. The van der Waals surface area contributed by atoms with Crippen molar-refractivity contribution in [1.82, 2.24) is 10.2 Å². The first-order chi connectivity index (χ1) is 14.5. The number of carbonyl (C=O) groups excluding carboxylic acids is 2. The lowest BCUT2D eigenvalue weighted by atomic mass is 9.98. The van der Waals surface area contributed by atoms with Crippen molar-refractivity contribution >= 4 is 18.0 Å². The molecule has 0 spiro atoms. The lowest BCUT2D eigenvalue weighted by Crippen LogP contribution is -2.46. The smallest absolute Gasteiger partial charge is 0.407 e. The second-order valence-electron chi connectivity index (χ2n) is 7.80. The van der Waals surface area contributed by atoms with Crippen molar-refractivity contribution in [3.05, 3.63) is 59.7 Å². The minimum absolute atomic E-state index is 0.0518. The zero-order chi connectivity index (χ0) is 21.3. The highest BCUT2D eigenvalue weighted by Crippen LogP contribution is 2.44. The molecule has 1 heterocycles. The van der Waals surface area contributed by atoms with Crippen molar-refractivity contribution < 1.29 is 24.2 Å². The molecule has 1 saturated heterocycles. The van der Waals surface area contributed by atoms with Gasteiger partial charge in [-0.3, -0.25) is 9.59 Å². The molecule has 0 aromatic heterocycles. The van der Waals surface area contributed by atoms with Crippen molar-refractivity contribution in [2.24, 2.45) is 5.92 Å². The number of benzene rings is 2. The molecular formula is C23H24N2O5. The van der Waals surface area contributed by atoms with Crippen LogP contribution in [0.25, 0.3) is 11.1 Å². The molecule has 156 valence electrons. The standard InChI is InChI=1S/C23H24N2O5/c1-14(21(26)25-11-10-15(12-25)22(27)28)24-23(29)30-13-20-18-8-4-2-6-16(18)17-7-3-5-9-19(17)20/h2-9,14-15,20H,10-13H2,1H3,(H,24,29)(H,27,28). The van der Waals surface area contributed by atoms with Crippen LogP contribution in [0, 0.1) is 5.92 Å². The van der Waals surface area contributed by atoms with Crippen LogP contribution >= 0.6 is 0 Å². The molecule has 0 bridgehead atoms. The number of alkyl carbamates (subject to hydrolysis) is 1. The summed E-state index contributed by atoms with van der Waals surface area (Å²) in [4.78, 5) is 37.4. The van der Waals surface area contributed by atoms with Crippen LogP contribution in [-0.2, 0) is 14.3 Å². The molecule has 0 saturated carbocycles. The van der Waals surface area contributed by atoms with E-state index in [-0.39, 0.29) is 25.0 Å². The van der Waals surface area contributed by atoms with Crippen LogP contribution in [0.3, 0.4) is 0 Å². The Morgan fingerprint density at radius 3 is 2.27 bits per heavy atom. The highest BCUT2D eigenvalue weighted by Gasteiger charge is 2.34. The summed E-state index contributed by atoms with van der Waals surface area (Å²) in [6.07, 6.45) is -0.231. The Balaban J connectivity index is 1.35. The fourth-order valence-electron chi connectivity index (χ4n) is 4.31. The summed E-state index contributed by atoms with van der Waals surface area (Å²) < 4.78 is 5.47. The number of hydrogen-bond donors (Lipinski definition) is 2. The van der Waals surface area contributed by atoms with E-state index in [1.807, 2.05) is 36.4 Å². The number of aliphatic carboxylic acids is 1. The summed E-state index contributed by atoms with van der Waals surface area (Å²) in [6, 6.07) is 15.4. The van der Waals surface area contributed by atoms with Crippen LogP contribution in [0.5, 0.6) is 0 Å². The first-order valence-corrected chi connectivity index (χ1v) is 10.1. The molecule has 0 radical (unpaired) electrons. The number of nitrogens with zero attached hydrogens (tertiary/aromatic N) is 1. The molecule has 4 rings (SSSR count). The van der Waals surface area contributed by atoms with Crippen LogP contribution in [0.15, 0.2) is 48.5 Å². The van der Waals surface area contributed by atoms with E-state index < -0.39 is 24.0 Å². The van der Waals surface area contributed by atoms with E-state index in [0.29, 0.717) is 13.0 Å². The largest absolute Gasteiger partial charge is 0.481 e. The molecule has 2 N–H and O–H groups in total. The van der Waals surface area contributed by atoms with E-state index in [2.05, 4.69) is 17.4 Å². The fraction of sp³-hybridized carbons (Fsp3) is 0.348. The minimum atomic E-state index is -0.901. The molecule has 2 aliphatic rings. The van der Waals surface area contributed by atoms with Gasteiger partial charge in [0.05, 0.1) is 5.92 Å². The summed E-state index contributed by atoms with van der Waals surface area (Å²) in [5, 5.41) is 11.7. The maximum absolute atomic E-state index is 12.5. The number of rotatable bonds is 5. The highest BCUT2D eigenvalue weighted by molar-refractivity contribution is 5.86. The van der Waals surface area contributed by atoms with E-state index in [9.17, 15) is 14.4 Å². The predicted octanol–water partition coefficient (Wildman–Crippen LogP) is 2.85. The summed E-state index contributed by atoms with van der Waals surface area (Å²) in [6.45, 7) is 2.31. The summed E-state index contributed by atoms with van der Waals surface area (Å²) in [7, 11) is 0. The van der Waals surface area contributed by atoms with Gasteiger partial charge in [0.15, 0.2) is 0 Å². The van der Waals surface area contributed by atoms with Crippen molar-refractivity contribution in [2.75, 3.05) is 19.7 Å². The number of amides is 2. The van der Waals surface area contributed by atoms with E-state index in [4.69, 9.17) is 9.84 Å². The molecular weight excluding hydrogens is 384 g/mol. The number of carboxylic acid groups (broad SMARTS) is 1. The van der Waals surface area contributed by atoms with Crippen molar-refractivity contribution in [1.29, 1.82) is 0 Å². The number of nitrogens with one attached hydrogen (secondary N) is 1. The molecule has 2 aromatic carbocycles. The number of fused-ring (bicyclic) bond motifs is 3. The number of ether oxygens (including phenoxy) is 1. The van der Waals surface area contributed by atoms with Gasteiger partial charge < -0.3 is 20.1 Å². The van der Waals surface area contributed by atoms with E-state index in [1.165, 1.54) is 4.90 Å². The molecule has 7 heteroatoms. The molecule has 1 fully saturated rings. The van der Waals surface area contributed by atoms with E-state index in [1.54, 1.807) is 6.92 Å². The Bertz CT molecular complexity index is 944. The van der Waals surface area contributed by atoms with Crippen LogP contribution in [0.1, 0.15) is 30.4 Å². The third-order valence-corrected chi connectivity index (χ3v) is 5.90. The first kappa shape index (κ1) is 19.9. The van der Waals surface area contributed by atoms with Gasteiger partial charge in [0, 0.05) is 19.0 Å². The summed E-state index contributed by atoms with van der Waals surface area (Å²) in [5.41, 5.74) is 4.53. The summed E-state index contributed by atoms with van der Waals surface area (Å²) in [5.74, 6) is -1.80. The van der Waals surface area contributed by atoms with Crippen molar-refractivity contribution in [3.8, 4) is 11.1 Å². The zero-order valence-corrected chi connectivity index (χ0v) is 16.7. The quantitative estimate of drug-likeness (QED) is 0.793. The maximum atomic E-state index is 12.5. The molecule has 2 aromatic rings. The van der Waals surface area contributed by atoms with Crippen LogP contribution in [-0.4, -0.2) is 53.7 Å². The third kappa shape index (κ3) is 3.75. The minimum Gasteiger partial charge on any atom is -0.481 e. The fourth-order valence-corrected chi connectivity index (χ4v) is 4.31. The van der Waals surface area contributed by atoms with Gasteiger partial charge in [-0.1, -0.05) is 48.5 Å². The van der Waals surface area contributed by atoms with E-state index in [0.717, 1.165) is 22.3 Å². The second kappa shape index (κ2) is 8.18. The molecule has 2 amide bonds. The average molecular weight is 408 g/mol. The lowest BCUT2D eigenvalue weighted by molar-refractivity contribution is -0.141. The molecule has 1 aliphatic carbocycles. The van der Waals surface area contributed by atoms with Gasteiger partial charge in [-0.05, 0) is 35.6 Å². The lowest BCUT2D eigenvalue weighted by Gasteiger charge is -2.22. The maximum Gasteiger partial charge on any atom is 0.407 e. The molecule has 7 nitrogen and oxygen atoms in total. The van der Waals surface area contributed by atoms with E-state index >= 15 is 0 Å². The van der Waals surface area contributed by atoms with Crippen LogP contribution < -0.4 is 5.32 Å². The van der Waals surface area contributed by atoms with Gasteiger partial charge in [0.2, 0.25) is 5.91 Å². The Morgan fingerprint density at radius 2 is 1.70 bits per heavy atom. The third-order valence-electron chi connectivity index (χ3n) is 5.90. The first-order valence-electron chi connectivity index (χ1n) is 10.1. The topological polar surface area (TPSA) is 95.9 Å². The summed E-state index contributed by atoms with van der Waals surface area (Å²) >= 11 is 0. The Morgan fingerprint density at radius 1 is 1.10 bits per heavy atom. The Kier molecular flexibility index (Phi) is 5.44. The van der Waals surface area contributed by atoms with Gasteiger partial charge in [0.1, 0.15) is 12.6 Å². The van der Waals surface area contributed by atoms with Crippen molar-refractivity contribution in [3.63, 3.8) is 0 Å². The van der Waals surface area contributed by atoms with Crippen LogP contribution in [0.2, 0.25) is 0 Å². The molecule has 2 unspecified atom stereocenters. The second-order valence-corrected chi connectivity index (χ2v) is 7.80. The van der Waals surface area contributed by atoms with Gasteiger partial charge in [0.25, 0.3) is 0 Å². The zero-order valence-electron chi connectivity index (χ0n) is 16.7. The highest BCUT2D eigenvalue weighted by atomic mass is 16.5. The van der Waals surface area contributed by atoms with Gasteiger partial charge in [-0.2, -0.15) is 0 Å². The molecule has 1 aliphatic heterocycles. The number of likely N-dealkylation sites (tertiary alicyclic amines) is 1. The predicted molar refractivity (Wildman–Crippen MR) is 110 cm³/mol. The van der Waals surface area contributed by atoms with Crippen molar-refractivity contribution in [2.45, 2.75) is 25.3 Å². The van der Waals surface area contributed by atoms with Crippen LogP contribution in [0.4, 0.5) is 4.79 Å².